The average molecular weight is 291 g/mol. The Balaban J connectivity index is 3.17. The van der Waals surface area contributed by atoms with Crippen molar-refractivity contribution in [2.75, 3.05) is 0 Å². The van der Waals surface area contributed by atoms with Crippen molar-refractivity contribution in [2.24, 2.45) is 0 Å². The minimum Gasteiger partial charge on any atom is -0.456 e. The van der Waals surface area contributed by atoms with E-state index in [0.29, 0.717) is 5.56 Å². The number of hydrogen-bond acceptors (Lipinski definition) is 5. The fourth-order valence-electron chi connectivity index (χ4n) is 1.53. The number of carbonyl (C=O) groups excluding carboxylic acids is 2. The van der Waals surface area contributed by atoms with Gasteiger partial charge in [-0.2, -0.15) is 0 Å². The van der Waals surface area contributed by atoms with Crippen LogP contribution in [0, 0.1) is 10.1 Å². The second kappa shape index (κ2) is 6.30. The normalized spacial score (nSPS) is 11.9. The molecule has 1 aromatic rings. The van der Waals surface area contributed by atoms with E-state index in [-0.39, 0.29) is 11.3 Å². The summed E-state index contributed by atoms with van der Waals surface area (Å²) in [5.74, 6) is -1.21. The first-order chi connectivity index (χ1) is 9.60. The summed E-state index contributed by atoms with van der Waals surface area (Å²) in [6, 6.07) is 5.67. The third kappa shape index (κ3) is 5.18. The molecule has 0 fully saturated rings. The predicted molar refractivity (Wildman–Crippen MR) is 77.6 cm³/mol. The maximum Gasteiger partial charge on any atom is 0.342 e. The van der Waals surface area contributed by atoms with Crippen LogP contribution in [-0.4, -0.2) is 22.3 Å². The topological polar surface area (TPSA) is 86.5 Å². The molecule has 0 amide bonds. The minimum absolute atomic E-state index is 0.115. The van der Waals surface area contributed by atoms with Crippen molar-refractivity contribution < 1.29 is 19.2 Å². The maximum atomic E-state index is 12.0. The Labute approximate surface area is 122 Å². The number of nitrogens with zero attached hydrogens (tertiary/aromatic N) is 1. The molecule has 0 saturated carbocycles. The third-order valence-corrected chi connectivity index (χ3v) is 2.39. The minimum atomic E-state index is -0.749. The zero-order valence-corrected chi connectivity index (χ0v) is 12.4. The Kier molecular flexibility index (Phi) is 4.97. The quantitative estimate of drug-likeness (QED) is 0.212. The Morgan fingerprint density at radius 2 is 1.90 bits per heavy atom. The summed E-state index contributed by atoms with van der Waals surface area (Å²) in [4.78, 5) is 33.7. The van der Waals surface area contributed by atoms with Gasteiger partial charge in [0.2, 0.25) is 0 Å². The second-order valence-electron chi connectivity index (χ2n) is 5.47. The molecule has 0 heterocycles. The van der Waals surface area contributed by atoms with E-state index in [4.69, 9.17) is 4.74 Å². The molecule has 0 aromatic heterocycles. The lowest BCUT2D eigenvalue weighted by Crippen LogP contribution is -2.26. The number of nitro groups is 1. The monoisotopic (exact) mass is 291 g/mol. The molecule has 112 valence electrons. The van der Waals surface area contributed by atoms with Gasteiger partial charge in [-0.15, -0.1) is 0 Å². The molecule has 0 unspecified atom stereocenters. The van der Waals surface area contributed by atoms with Gasteiger partial charge < -0.3 is 4.74 Å². The lowest BCUT2D eigenvalue weighted by molar-refractivity contribution is -0.384. The highest BCUT2D eigenvalue weighted by Gasteiger charge is 2.22. The van der Waals surface area contributed by atoms with Gasteiger partial charge >= 0.3 is 5.97 Å². The number of ether oxygens (including phenoxy) is 1. The Bertz CT molecular complexity index is 611. The van der Waals surface area contributed by atoms with Crippen LogP contribution in [0.15, 0.2) is 29.8 Å². The van der Waals surface area contributed by atoms with Crippen LogP contribution < -0.4 is 0 Å². The lowest BCUT2D eigenvalue weighted by Gasteiger charge is -2.19. The van der Waals surface area contributed by atoms with E-state index in [1.54, 1.807) is 26.8 Å². The van der Waals surface area contributed by atoms with Crippen LogP contribution in [0.3, 0.4) is 0 Å². The Morgan fingerprint density at radius 1 is 1.29 bits per heavy atom. The number of esters is 1. The van der Waals surface area contributed by atoms with E-state index in [1.165, 1.54) is 31.2 Å². The summed E-state index contributed by atoms with van der Waals surface area (Å²) in [6.45, 7) is 6.31. The number of ketones is 1. The van der Waals surface area contributed by atoms with Crippen molar-refractivity contribution >= 4 is 23.5 Å². The van der Waals surface area contributed by atoms with Crippen LogP contribution in [0.2, 0.25) is 0 Å². The molecule has 0 aliphatic heterocycles. The first-order valence-electron chi connectivity index (χ1n) is 6.30. The van der Waals surface area contributed by atoms with Crippen LogP contribution in [0.1, 0.15) is 33.3 Å². The zero-order valence-electron chi connectivity index (χ0n) is 12.4. The van der Waals surface area contributed by atoms with Gasteiger partial charge in [-0.25, -0.2) is 4.79 Å². The summed E-state index contributed by atoms with van der Waals surface area (Å²) in [6.07, 6.45) is 1.30. The highest BCUT2D eigenvalue weighted by Crippen LogP contribution is 2.18. The first-order valence-corrected chi connectivity index (χ1v) is 6.30. The number of carbonyl (C=O) groups is 2. The van der Waals surface area contributed by atoms with E-state index in [9.17, 15) is 19.7 Å². The molecule has 0 radical (unpaired) electrons. The van der Waals surface area contributed by atoms with E-state index in [1.807, 2.05) is 0 Å². The number of rotatable bonds is 4. The summed E-state index contributed by atoms with van der Waals surface area (Å²) >= 11 is 0. The lowest BCUT2D eigenvalue weighted by atomic mass is 10.1. The van der Waals surface area contributed by atoms with Gasteiger partial charge in [-0.1, -0.05) is 12.1 Å². The first kappa shape index (κ1) is 16.6. The fraction of sp³-hybridized carbons (Fsp3) is 0.333. The van der Waals surface area contributed by atoms with E-state index >= 15 is 0 Å². The molecule has 0 aliphatic carbocycles. The van der Waals surface area contributed by atoms with Crippen LogP contribution >= 0.6 is 0 Å². The van der Waals surface area contributed by atoms with E-state index < -0.39 is 22.3 Å². The number of hydrogen-bond donors (Lipinski definition) is 0. The second-order valence-corrected chi connectivity index (χ2v) is 5.47. The van der Waals surface area contributed by atoms with Crippen molar-refractivity contribution in [2.45, 2.75) is 33.3 Å². The largest absolute Gasteiger partial charge is 0.456 e. The molecular weight excluding hydrogens is 274 g/mol. The molecule has 21 heavy (non-hydrogen) atoms. The SMILES string of the molecule is CC(=O)/C(=C/c1cccc([N+](=O)[O-])c1)C(=O)OC(C)(C)C. The summed E-state index contributed by atoms with van der Waals surface area (Å²) in [5, 5.41) is 10.7. The van der Waals surface area contributed by atoms with Gasteiger partial charge in [0, 0.05) is 12.1 Å². The van der Waals surface area contributed by atoms with Crippen molar-refractivity contribution in [1.82, 2.24) is 0 Å². The van der Waals surface area contributed by atoms with Gasteiger partial charge in [0.15, 0.2) is 5.78 Å². The highest BCUT2D eigenvalue weighted by atomic mass is 16.6. The van der Waals surface area contributed by atoms with Crippen molar-refractivity contribution in [3.63, 3.8) is 0 Å². The molecule has 1 aromatic carbocycles. The molecule has 6 nitrogen and oxygen atoms in total. The molecule has 0 N–H and O–H groups in total. The highest BCUT2D eigenvalue weighted by molar-refractivity contribution is 6.19. The standard InChI is InChI=1S/C15H17NO5/c1-10(17)13(14(18)21-15(2,3)4)9-11-6-5-7-12(8-11)16(19)20/h5-9H,1-4H3/b13-9-. The molecule has 0 saturated heterocycles. The molecule has 6 heteroatoms. The summed E-state index contributed by atoms with van der Waals surface area (Å²) < 4.78 is 5.15. The summed E-state index contributed by atoms with van der Waals surface area (Å²) in [5.41, 5.74) is -0.601. The van der Waals surface area contributed by atoms with E-state index in [2.05, 4.69) is 0 Å². The average Bonchev–Trinajstić information content (AvgIpc) is 2.33. The van der Waals surface area contributed by atoms with Crippen LogP contribution in [0.25, 0.3) is 6.08 Å². The Morgan fingerprint density at radius 3 is 2.38 bits per heavy atom. The van der Waals surface area contributed by atoms with E-state index in [0.717, 1.165) is 0 Å². The van der Waals surface area contributed by atoms with Gasteiger partial charge in [0.25, 0.3) is 5.69 Å². The van der Waals surface area contributed by atoms with Gasteiger partial charge in [-0.05, 0) is 39.3 Å². The zero-order chi connectivity index (χ0) is 16.2. The number of Topliss-reactive ketones (excluding diaryl/α,β-unsaturated/α-hetero) is 1. The fourth-order valence-corrected chi connectivity index (χ4v) is 1.53. The third-order valence-electron chi connectivity index (χ3n) is 2.39. The molecular formula is C15H17NO5. The number of nitro benzene ring substituents is 1. The molecule has 0 atom stereocenters. The van der Waals surface area contributed by atoms with Crippen LogP contribution in [-0.2, 0) is 14.3 Å². The van der Waals surface area contributed by atoms with Crippen LogP contribution in [0.5, 0.6) is 0 Å². The Hall–Kier alpha value is -2.50. The summed E-state index contributed by atoms with van der Waals surface area (Å²) in [7, 11) is 0. The smallest absolute Gasteiger partial charge is 0.342 e. The predicted octanol–water partition coefficient (Wildman–Crippen LogP) is 2.91. The van der Waals surface area contributed by atoms with Crippen molar-refractivity contribution in [3.05, 3.63) is 45.5 Å². The molecule has 0 bridgehead atoms. The molecule has 0 spiro atoms. The van der Waals surface area contributed by atoms with Gasteiger partial charge in [0.1, 0.15) is 11.2 Å². The van der Waals surface area contributed by atoms with Crippen molar-refractivity contribution in [1.29, 1.82) is 0 Å². The molecule has 1 rings (SSSR count). The van der Waals surface area contributed by atoms with Crippen molar-refractivity contribution in [3.8, 4) is 0 Å². The molecule has 0 aliphatic rings. The number of non-ortho nitro benzene ring substituents is 1. The number of benzene rings is 1. The van der Waals surface area contributed by atoms with Gasteiger partial charge in [0.05, 0.1) is 4.92 Å². The van der Waals surface area contributed by atoms with Gasteiger partial charge in [-0.3, -0.25) is 14.9 Å². The van der Waals surface area contributed by atoms with Crippen LogP contribution in [0.4, 0.5) is 5.69 Å². The maximum absolute atomic E-state index is 12.0.